The Kier molecular flexibility index (Phi) is 4.08. The first kappa shape index (κ1) is 14.9. The predicted octanol–water partition coefficient (Wildman–Crippen LogP) is 2.52. The minimum atomic E-state index is -0.485. The van der Waals surface area contributed by atoms with E-state index in [-0.39, 0.29) is 0 Å². The van der Waals surface area contributed by atoms with Gasteiger partial charge in [0.2, 0.25) is 0 Å². The van der Waals surface area contributed by atoms with Crippen LogP contribution < -0.4 is 11.2 Å². The number of pyridine rings is 1. The summed E-state index contributed by atoms with van der Waals surface area (Å²) in [6.07, 6.45) is 5.54. The van der Waals surface area contributed by atoms with Crippen molar-refractivity contribution in [3.8, 4) is 5.69 Å². The topological polar surface area (TPSA) is 67.8 Å². The Balaban J connectivity index is 2.40. The fraction of sp³-hybridized carbons (Fsp3) is 0.133. The SMILES string of the molecule is CSc1cc(SC)cc(-n2c(=O)[nH]c(=O)c3cccnc32)c1. The van der Waals surface area contributed by atoms with Crippen LogP contribution in [0, 0.1) is 0 Å². The summed E-state index contributed by atoms with van der Waals surface area (Å²) in [6, 6.07) is 9.23. The van der Waals surface area contributed by atoms with Gasteiger partial charge in [0, 0.05) is 16.0 Å². The molecule has 3 aromatic rings. The van der Waals surface area contributed by atoms with Gasteiger partial charge in [0.05, 0.1) is 11.1 Å². The molecule has 0 atom stereocenters. The molecule has 0 aliphatic heterocycles. The van der Waals surface area contributed by atoms with Crippen LogP contribution in [0.15, 0.2) is 55.9 Å². The number of H-pyrrole nitrogens is 1. The average Bonchev–Trinajstić information content (AvgIpc) is 2.54. The Labute approximate surface area is 134 Å². The number of nitrogens with one attached hydrogen (secondary N) is 1. The molecule has 0 aliphatic carbocycles. The van der Waals surface area contributed by atoms with Crippen molar-refractivity contribution in [2.45, 2.75) is 9.79 Å². The van der Waals surface area contributed by atoms with E-state index in [0.29, 0.717) is 16.7 Å². The van der Waals surface area contributed by atoms with Crippen LogP contribution in [0.5, 0.6) is 0 Å². The molecule has 0 saturated carbocycles. The zero-order chi connectivity index (χ0) is 15.7. The van der Waals surface area contributed by atoms with Crippen LogP contribution in [0.2, 0.25) is 0 Å². The van der Waals surface area contributed by atoms with Gasteiger partial charge in [-0.05, 0) is 42.8 Å². The van der Waals surface area contributed by atoms with Crippen molar-refractivity contribution in [2.24, 2.45) is 0 Å². The number of thioether (sulfide) groups is 2. The number of nitrogens with zero attached hydrogens (tertiary/aromatic N) is 2. The molecule has 0 radical (unpaired) electrons. The molecule has 1 N–H and O–H groups in total. The lowest BCUT2D eigenvalue weighted by molar-refractivity contribution is 0.918. The van der Waals surface area contributed by atoms with Crippen molar-refractivity contribution >= 4 is 34.6 Å². The van der Waals surface area contributed by atoms with Gasteiger partial charge < -0.3 is 0 Å². The second-order valence-corrected chi connectivity index (χ2v) is 6.30. The van der Waals surface area contributed by atoms with E-state index >= 15 is 0 Å². The second-order valence-electron chi connectivity index (χ2n) is 4.54. The molecule has 0 saturated heterocycles. The Morgan fingerprint density at radius 3 is 2.41 bits per heavy atom. The lowest BCUT2D eigenvalue weighted by Gasteiger charge is -2.11. The molecule has 3 rings (SSSR count). The van der Waals surface area contributed by atoms with E-state index in [1.165, 1.54) is 4.57 Å². The minimum absolute atomic E-state index is 0.363. The summed E-state index contributed by atoms with van der Waals surface area (Å²) < 4.78 is 1.44. The molecule has 0 unspecified atom stereocenters. The molecule has 0 amide bonds. The highest BCUT2D eigenvalue weighted by Gasteiger charge is 2.11. The Morgan fingerprint density at radius 1 is 1.09 bits per heavy atom. The van der Waals surface area contributed by atoms with Gasteiger partial charge in [-0.1, -0.05) is 0 Å². The maximum Gasteiger partial charge on any atom is 0.334 e. The summed E-state index contributed by atoms with van der Waals surface area (Å²) in [5.74, 6) is 0. The van der Waals surface area contributed by atoms with Gasteiger partial charge in [-0.15, -0.1) is 23.5 Å². The molecular formula is C15H13N3O2S2. The maximum absolute atomic E-state index is 12.3. The lowest BCUT2D eigenvalue weighted by atomic mass is 10.3. The number of aromatic amines is 1. The molecule has 1 aromatic carbocycles. The lowest BCUT2D eigenvalue weighted by Crippen LogP contribution is -2.29. The Bertz CT molecular complexity index is 941. The quantitative estimate of drug-likeness (QED) is 0.747. The smallest absolute Gasteiger partial charge is 0.273 e. The van der Waals surface area contributed by atoms with Crippen LogP contribution in [-0.4, -0.2) is 27.0 Å². The summed E-state index contributed by atoms with van der Waals surface area (Å²) in [5.41, 5.74) is 0.152. The summed E-state index contributed by atoms with van der Waals surface area (Å²) in [4.78, 5) is 32.9. The molecule has 0 aliphatic rings. The van der Waals surface area contributed by atoms with Crippen molar-refractivity contribution in [2.75, 3.05) is 12.5 Å². The number of benzene rings is 1. The minimum Gasteiger partial charge on any atom is -0.273 e. The first-order valence-corrected chi connectivity index (χ1v) is 8.92. The molecule has 0 fully saturated rings. The van der Waals surface area contributed by atoms with Crippen LogP contribution in [0.25, 0.3) is 16.7 Å². The molecule has 0 spiro atoms. The van der Waals surface area contributed by atoms with Gasteiger partial charge in [0.1, 0.15) is 0 Å². The molecule has 2 heterocycles. The van der Waals surface area contributed by atoms with Crippen molar-refractivity contribution < 1.29 is 0 Å². The largest absolute Gasteiger partial charge is 0.334 e. The van der Waals surface area contributed by atoms with Crippen LogP contribution in [0.4, 0.5) is 0 Å². The monoisotopic (exact) mass is 331 g/mol. The number of hydrogen-bond donors (Lipinski definition) is 1. The van der Waals surface area contributed by atoms with E-state index < -0.39 is 11.2 Å². The summed E-state index contributed by atoms with van der Waals surface area (Å²) in [7, 11) is 0. The highest BCUT2D eigenvalue weighted by atomic mass is 32.2. The third kappa shape index (κ3) is 2.57. The first-order valence-electron chi connectivity index (χ1n) is 6.47. The van der Waals surface area contributed by atoms with E-state index in [1.807, 2.05) is 24.6 Å². The van der Waals surface area contributed by atoms with Crippen LogP contribution in [-0.2, 0) is 0 Å². The fourth-order valence-corrected chi connectivity index (χ4v) is 3.27. The van der Waals surface area contributed by atoms with Crippen molar-refractivity contribution in [3.63, 3.8) is 0 Å². The van der Waals surface area contributed by atoms with E-state index in [1.54, 1.807) is 41.9 Å². The average molecular weight is 331 g/mol. The fourth-order valence-electron chi connectivity index (χ4n) is 2.23. The van der Waals surface area contributed by atoms with E-state index in [9.17, 15) is 9.59 Å². The van der Waals surface area contributed by atoms with E-state index in [4.69, 9.17) is 0 Å². The van der Waals surface area contributed by atoms with Crippen molar-refractivity contribution in [1.82, 2.24) is 14.5 Å². The van der Waals surface area contributed by atoms with Gasteiger partial charge in [0.25, 0.3) is 5.56 Å². The van der Waals surface area contributed by atoms with E-state index in [2.05, 4.69) is 16.0 Å². The van der Waals surface area contributed by atoms with Gasteiger partial charge >= 0.3 is 5.69 Å². The third-order valence-electron chi connectivity index (χ3n) is 3.26. The zero-order valence-electron chi connectivity index (χ0n) is 12.0. The van der Waals surface area contributed by atoms with Gasteiger partial charge in [-0.25, -0.2) is 14.3 Å². The molecular weight excluding hydrogens is 318 g/mol. The molecule has 7 heteroatoms. The molecule has 0 bridgehead atoms. The third-order valence-corrected chi connectivity index (χ3v) is 4.68. The van der Waals surface area contributed by atoms with Gasteiger partial charge in [0.15, 0.2) is 5.65 Å². The number of fused-ring (bicyclic) bond motifs is 1. The second kappa shape index (κ2) is 6.02. The summed E-state index contributed by atoms with van der Waals surface area (Å²) >= 11 is 3.20. The van der Waals surface area contributed by atoms with Crippen molar-refractivity contribution in [3.05, 3.63) is 57.4 Å². The highest BCUT2D eigenvalue weighted by Crippen LogP contribution is 2.26. The first-order chi connectivity index (χ1) is 10.6. The summed E-state index contributed by atoms with van der Waals surface area (Å²) in [6.45, 7) is 0. The van der Waals surface area contributed by atoms with Gasteiger partial charge in [-0.3, -0.25) is 9.78 Å². The van der Waals surface area contributed by atoms with Crippen LogP contribution in [0.1, 0.15) is 0 Å². The maximum atomic E-state index is 12.3. The molecule has 112 valence electrons. The van der Waals surface area contributed by atoms with Crippen LogP contribution in [0.3, 0.4) is 0 Å². The Morgan fingerprint density at radius 2 is 1.77 bits per heavy atom. The van der Waals surface area contributed by atoms with Crippen LogP contribution >= 0.6 is 23.5 Å². The van der Waals surface area contributed by atoms with Gasteiger partial charge in [-0.2, -0.15) is 0 Å². The number of hydrogen-bond acceptors (Lipinski definition) is 5. The summed E-state index contributed by atoms with van der Waals surface area (Å²) in [5, 5.41) is 0.391. The zero-order valence-corrected chi connectivity index (χ0v) is 13.6. The standard InChI is InChI=1S/C15H13N3O2S2/c1-21-10-6-9(7-11(8-10)22-2)18-13-12(4-3-5-16-13)14(19)17-15(18)20/h3-8H,1-2H3,(H,17,19,20). The molecule has 2 aromatic heterocycles. The normalized spacial score (nSPS) is 11.0. The molecule has 5 nitrogen and oxygen atoms in total. The van der Waals surface area contributed by atoms with Crippen molar-refractivity contribution in [1.29, 1.82) is 0 Å². The Hall–Kier alpha value is -1.99. The molecule has 22 heavy (non-hydrogen) atoms. The number of rotatable bonds is 3. The van der Waals surface area contributed by atoms with E-state index in [0.717, 1.165) is 9.79 Å². The number of aromatic nitrogens is 3. The highest BCUT2D eigenvalue weighted by molar-refractivity contribution is 7.99. The predicted molar refractivity (Wildman–Crippen MR) is 91.5 cm³/mol.